The first kappa shape index (κ1) is 27.1. The maximum atomic E-state index is 12.9. The molecule has 0 saturated heterocycles. The fourth-order valence-electron chi connectivity index (χ4n) is 3.92. The predicted molar refractivity (Wildman–Crippen MR) is 141 cm³/mol. The zero-order chi connectivity index (χ0) is 28.8. The molecule has 0 bridgehead atoms. The maximum Gasteiger partial charge on any atom is 0.433 e. The van der Waals surface area contributed by atoms with Crippen LogP contribution in [-0.2, 0) is 11.0 Å². The van der Waals surface area contributed by atoms with Crippen molar-refractivity contribution < 1.29 is 27.8 Å². The van der Waals surface area contributed by atoms with Crippen LogP contribution in [0.25, 0.3) is 22.2 Å². The minimum absolute atomic E-state index is 0.0559. The lowest BCUT2D eigenvalue weighted by Crippen LogP contribution is -2.53. The smallest absolute Gasteiger partial charge is 0.433 e. The summed E-state index contributed by atoms with van der Waals surface area (Å²) >= 11 is 12.8. The number of benzene rings is 2. The fraction of sp³-hybridized carbons (Fsp3) is 0.115. The number of pyridine rings is 2. The predicted octanol–water partition coefficient (Wildman–Crippen LogP) is 5.81. The van der Waals surface area contributed by atoms with Gasteiger partial charge in [-0.15, -0.1) is 0 Å². The molecule has 0 radical (unpaired) electrons. The Labute approximate surface area is 234 Å². The van der Waals surface area contributed by atoms with E-state index in [4.69, 9.17) is 33.2 Å². The van der Waals surface area contributed by atoms with Crippen LogP contribution in [-0.4, -0.2) is 33.0 Å². The SMILES string of the molecule is Cc1cc(-c2ccc(C(F)(F)F)nc2)nc2ccc(Oc3c(Cl)cc(N4N=C(C#N)C(=O)NC4O)cc3Cl)cc12. The largest absolute Gasteiger partial charge is 0.454 e. The number of halogens is 5. The zero-order valence-electron chi connectivity index (χ0n) is 20.2. The molecule has 2 aromatic carbocycles. The number of fused-ring (bicyclic) bond motifs is 1. The van der Waals surface area contributed by atoms with E-state index in [1.807, 2.05) is 6.92 Å². The Bertz CT molecular complexity index is 1720. The molecule has 1 atom stereocenters. The Morgan fingerprint density at radius 2 is 1.85 bits per heavy atom. The van der Waals surface area contributed by atoms with E-state index in [0.717, 1.165) is 28.2 Å². The summed E-state index contributed by atoms with van der Waals surface area (Å²) in [5.74, 6) is -0.356. The number of hydrazone groups is 1. The first-order valence-electron chi connectivity index (χ1n) is 11.3. The highest BCUT2D eigenvalue weighted by molar-refractivity contribution is 6.45. The van der Waals surface area contributed by atoms with E-state index in [1.54, 1.807) is 30.3 Å². The van der Waals surface area contributed by atoms with Crippen molar-refractivity contribution in [3.8, 4) is 28.8 Å². The third-order valence-electron chi connectivity index (χ3n) is 5.82. The molecule has 14 heteroatoms. The van der Waals surface area contributed by atoms with Gasteiger partial charge >= 0.3 is 6.18 Å². The molecule has 5 rings (SSSR count). The quantitative estimate of drug-likeness (QED) is 0.309. The van der Waals surface area contributed by atoms with Gasteiger partial charge in [-0.05, 0) is 61.0 Å². The topological polar surface area (TPSA) is 124 Å². The molecule has 1 unspecified atom stereocenters. The van der Waals surface area contributed by atoms with Gasteiger partial charge < -0.3 is 15.2 Å². The van der Waals surface area contributed by atoms with Gasteiger partial charge in [0.05, 0.1) is 26.9 Å². The van der Waals surface area contributed by atoms with Crippen molar-refractivity contribution >= 4 is 51.4 Å². The molecule has 2 aromatic heterocycles. The summed E-state index contributed by atoms with van der Waals surface area (Å²) < 4.78 is 44.5. The van der Waals surface area contributed by atoms with Crippen molar-refractivity contribution in [3.05, 3.63) is 76.0 Å². The minimum atomic E-state index is -4.53. The van der Waals surface area contributed by atoms with E-state index in [0.29, 0.717) is 22.5 Å². The number of aliphatic hydroxyl groups is 1. The average Bonchev–Trinajstić information content (AvgIpc) is 2.90. The van der Waals surface area contributed by atoms with Crippen LogP contribution >= 0.6 is 23.2 Å². The lowest BCUT2D eigenvalue weighted by molar-refractivity contribution is -0.141. The van der Waals surface area contributed by atoms with Gasteiger partial charge in [0.1, 0.15) is 17.5 Å². The van der Waals surface area contributed by atoms with Crippen LogP contribution in [0.5, 0.6) is 11.5 Å². The molecule has 1 aliphatic rings. The lowest BCUT2D eigenvalue weighted by atomic mass is 10.1. The van der Waals surface area contributed by atoms with Crippen molar-refractivity contribution in [1.82, 2.24) is 15.3 Å². The molecule has 9 nitrogen and oxygen atoms in total. The molecule has 0 aliphatic carbocycles. The molecule has 0 saturated carbocycles. The molecule has 202 valence electrons. The molecular weight excluding hydrogens is 572 g/mol. The van der Waals surface area contributed by atoms with Crippen LogP contribution in [0, 0.1) is 18.3 Å². The van der Waals surface area contributed by atoms with Crippen molar-refractivity contribution in [2.75, 3.05) is 5.01 Å². The van der Waals surface area contributed by atoms with Crippen LogP contribution in [0.15, 0.2) is 59.8 Å². The normalized spacial score (nSPS) is 15.4. The number of aromatic nitrogens is 2. The van der Waals surface area contributed by atoms with Crippen molar-refractivity contribution in [3.63, 3.8) is 0 Å². The third kappa shape index (κ3) is 5.22. The van der Waals surface area contributed by atoms with Crippen LogP contribution in [0.1, 0.15) is 11.3 Å². The monoisotopic (exact) mass is 586 g/mol. The number of aliphatic hydroxyl groups excluding tert-OH is 1. The average molecular weight is 587 g/mol. The van der Waals surface area contributed by atoms with Gasteiger partial charge in [-0.2, -0.15) is 23.5 Å². The highest BCUT2D eigenvalue weighted by atomic mass is 35.5. The number of nitrogens with one attached hydrogen (secondary N) is 1. The number of alkyl halides is 3. The van der Waals surface area contributed by atoms with Crippen molar-refractivity contribution in [1.29, 1.82) is 5.26 Å². The highest BCUT2D eigenvalue weighted by Gasteiger charge is 2.32. The zero-order valence-corrected chi connectivity index (χ0v) is 21.7. The summed E-state index contributed by atoms with van der Waals surface area (Å²) in [6.07, 6.45) is -4.96. The van der Waals surface area contributed by atoms with Crippen LogP contribution in [0.4, 0.5) is 18.9 Å². The molecule has 1 amide bonds. The second-order valence-corrected chi connectivity index (χ2v) is 9.34. The van der Waals surface area contributed by atoms with Crippen molar-refractivity contribution in [2.45, 2.75) is 19.5 Å². The number of aryl methyl sites for hydroxylation is 1. The maximum absolute atomic E-state index is 12.9. The number of nitriles is 1. The summed E-state index contributed by atoms with van der Waals surface area (Å²) in [7, 11) is 0. The summed E-state index contributed by atoms with van der Waals surface area (Å²) in [4.78, 5) is 19.7. The molecule has 0 fully saturated rings. The number of ether oxygens (including phenoxy) is 1. The first-order valence-corrected chi connectivity index (χ1v) is 12.1. The van der Waals surface area contributed by atoms with E-state index in [2.05, 4.69) is 20.4 Å². The fourth-order valence-corrected chi connectivity index (χ4v) is 4.47. The van der Waals surface area contributed by atoms with Gasteiger partial charge in [0.15, 0.2) is 5.75 Å². The molecule has 3 heterocycles. The Kier molecular flexibility index (Phi) is 6.97. The number of anilines is 1. The van der Waals surface area contributed by atoms with Crippen molar-refractivity contribution in [2.24, 2.45) is 5.10 Å². The van der Waals surface area contributed by atoms with E-state index >= 15 is 0 Å². The Morgan fingerprint density at radius 3 is 2.48 bits per heavy atom. The number of hydrogen-bond acceptors (Lipinski definition) is 8. The standard InChI is InChI=1S/C26H15Cl2F3N6O3/c1-12-6-20(13-2-5-22(33-11-13)26(29,30)31)34-19-4-3-15(9-16(12)19)40-23-17(27)7-14(8-18(23)28)37-25(39)35-24(38)21(10-32)36-37/h2-9,11,25,39H,1H3,(H,35,38). The Balaban J connectivity index is 1.43. The molecular formula is C26H15Cl2F3N6O3. The van der Waals surface area contributed by atoms with Crippen LogP contribution < -0.4 is 15.1 Å². The van der Waals surface area contributed by atoms with Gasteiger partial charge in [-0.1, -0.05) is 23.2 Å². The number of amides is 1. The van der Waals surface area contributed by atoms with Crippen LogP contribution in [0.3, 0.4) is 0 Å². The van der Waals surface area contributed by atoms with E-state index in [9.17, 15) is 23.1 Å². The van der Waals surface area contributed by atoms with E-state index in [1.165, 1.54) is 18.2 Å². The summed E-state index contributed by atoms with van der Waals surface area (Å²) in [6.45, 7) is 1.82. The van der Waals surface area contributed by atoms with Gasteiger partial charge in [-0.3, -0.25) is 9.78 Å². The van der Waals surface area contributed by atoms with Gasteiger partial charge in [-0.25, -0.2) is 9.99 Å². The second-order valence-electron chi connectivity index (χ2n) is 8.53. The van der Waals surface area contributed by atoms with Gasteiger partial charge in [0.25, 0.3) is 5.91 Å². The number of rotatable bonds is 4. The van der Waals surface area contributed by atoms with Gasteiger partial charge in [0, 0.05) is 17.1 Å². The Morgan fingerprint density at radius 1 is 1.12 bits per heavy atom. The molecule has 2 N–H and O–H groups in total. The summed E-state index contributed by atoms with van der Waals surface area (Å²) in [5.41, 5.74) is 0.982. The molecule has 4 aromatic rings. The van der Waals surface area contributed by atoms with E-state index < -0.39 is 29.8 Å². The number of nitrogens with zero attached hydrogens (tertiary/aromatic N) is 5. The van der Waals surface area contributed by atoms with E-state index in [-0.39, 0.29) is 21.5 Å². The lowest BCUT2D eigenvalue weighted by Gasteiger charge is -2.29. The highest BCUT2D eigenvalue weighted by Crippen LogP contribution is 2.41. The molecule has 40 heavy (non-hydrogen) atoms. The number of carbonyl (C=O) groups is 1. The summed E-state index contributed by atoms with van der Waals surface area (Å²) in [5, 5.41) is 27.0. The molecule has 0 spiro atoms. The van der Waals surface area contributed by atoms with Crippen LogP contribution in [0.2, 0.25) is 10.0 Å². The summed E-state index contributed by atoms with van der Waals surface area (Å²) in [6, 6.07) is 13.4. The number of carbonyl (C=O) groups excluding carboxylic acids is 1. The minimum Gasteiger partial charge on any atom is -0.454 e. The Hall–Kier alpha value is -4.44. The second kappa shape index (κ2) is 10.3. The molecule has 1 aliphatic heterocycles. The third-order valence-corrected chi connectivity index (χ3v) is 6.39. The van der Waals surface area contributed by atoms with Gasteiger partial charge in [0.2, 0.25) is 12.1 Å². The number of hydrogen-bond donors (Lipinski definition) is 2. The first-order chi connectivity index (χ1) is 18.9.